The molecule has 0 radical (unpaired) electrons. The molecular weight excluding hydrogens is 303 g/mol. The van der Waals surface area contributed by atoms with Gasteiger partial charge in [0, 0.05) is 0 Å². The molecule has 5 heteroatoms. The van der Waals surface area contributed by atoms with Gasteiger partial charge in [-0.15, -0.1) is 0 Å². The summed E-state index contributed by atoms with van der Waals surface area (Å²) in [7, 11) is 0. The van der Waals surface area contributed by atoms with Gasteiger partial charge < -0.3 is 13.6 Å². The summed E-state index contributed by atoms with van der Waals surface area (Å²) in [4.78, 5) is 0. The van der Waals surface area contributed by atoms with Crippen molar-refractivity contribution in [3.8, 4) is 0 Å². The van der Waals surface area contributed by atoms with Crippen LogP contribution in [0.4, 0.5) is 0 Å². The van der Waals surface area contributed by atoms with Gasteiger partial charge in [0.2, 0.25) is 0 Å². The van der Waals surface area contributed by atoms with E-state index in [0.29, 0.717) is 19.8 Å². The minimum Gasteiger partial charge on any atom is -0.309 e. The summed E-state index contributed by atoms with van der Waals surface area (Å²) in [6, 6.07) is 0. The van der Waals surface area contributed by atoms with Crippen LogP contribution in [0.25, 0.3) is 0 Å². The zero-order valence-corrected chi connectivity index (χ0v) is 16.0. The van der Waals surface area contributed by atoms with Crippen LogP contribution in [0, 0.1) is 0 Å². The molecule has 0 bridgehead atoms. The van der Waals surface area contributed by atoms with Crippen molar-refractivity contribution >= 4 is 18.5 Å². The Balaban J connectivity index is 3.40. The molecule has 0 aromatic rings. The van der Waals surface area contributed by atoms with E-state index < -0.39 is 6.72 Å². The maximum absolute atomic E-state index is 5.66. The molecule has 0 aliphatic carbocycles. The quantitative estimate of drug-likeness (QED) is 0.246. The minimum atomic E-state index is -2.46. The molecule has 128 valence electrons. The lowest BCUT2D eigenvalue weighted by molar-refractivity contribution is 0.164. The SMILES string of the molecule is CCCCCCCCCCCCOP(=S)(OCC)OCC. The van der Waals surface area contributed by atoms with Gasteiger partial charge in [0.1, 0.15) is 0 Å². The van der Waals surface area contributed by atoms with Crippen molar-refractivity contribution in [2.45, 2.75) is 85.0 Å². The summed E-state index contributed by atoms with van der Waals surface area (Å²) in [5.41, 5.74) is 0. The lowest BCUT2D eigenvalue weighted by atomic mass is 10.1. The van der Waals surface area contributed by atoms with E-state index >= 15 is 0 Å². The number of hydrogen-bond donors (Lipinski definition) is 0. The molecule has 0 aromatic carbocycles. The summed E-state index contributed by atoms with van der Waals surface area (Å²) >= 11 is 5.31. The summed E-state index contributed by atoms with van der Waals surface area (Å²) in [6.45, 7) is 5.40. The first-order valence-electron chi connectivity index (χ1n) is 8.72. The van der Waals surface area contributed by atoms with E-state index in [-0.39, 0.29) is 0 Å². The zero-order chi connectivity index (χ0) is 15.8. The predicted octanol–water partition coefficient (Wildman–Crippen LogP) is 6.22. The first-order chi connectivity index (χ1) is 10.2. The van der Waals surface area contributed by atoms with Crippen LogP contribution in [-0.2, 0) is 25.4 Å². The highest BCUT2D eigenvalue weighted by atomic mass is 32.5. The molecule has 0 spiro atoms. The molecule has 0 aliphatic rings. The molecule has 0 rings (SSSR count). The van der Waals surface area contributed by atoms with Crippen LogP contribution in [0.5, 0.6) is 0 Å². The second kappa shape index (κ2) is 15.4. The van der Waals surface area contributed by atoms with E-state index in [0.717, 1.165) is 6.42 Å². The number of unbranched alkanes of at least 4 members (excludes halogenated alkanes) is 9. The molecule has 0 aliphatic heterocycles. The second-order valence-corrected chi connectivity index (χ2v) is 8.31. The Bertz CT molecular complexity index is 252. The molecule has 21 heavy (non-hydrogen) atoms. The van der Waals surface area contributed by atoms with Crippen molar-refractivity contribution in [2.24, 2.45) is 0 Å². The van der Waals surface area contributed by atoms with Gasteiger partial charge in [-0.25, -0.2) is 0 Å². The Hall–Kier alpha value is 0.530. The first-order valence-corrected chi connectivity index (χ1v) is 11.3. The van der Waals surface area contributed by atoms with Gasteiger partial charge in [0.25, 0.3) is 0 Å². The summed E-state index contributed by atoms with van der Waals surface area (Å²) in [5, 5.41) is 0. The van der Waals surface area contributed by atoms with Crippen LogP contribution in [0.15, 0.2) is 0 Å². The van der Waals surface area contributed by atoms with Crippen molar-refractivity contribution in [1.29, 1.82) is 0 Å². The monoisotopic (exact) mass is 338 g/mol. The minimum absolute atomic E-state index is 0.551. The van der Waals surface area contributed by atoms with Gasteiger partial charge in [-0.05, 0) is 32.1 Å². The van der Waals surface area contributed by atoms with Crippen LogP contribution < -0.4 is 0 Å². The fraction of sp³-hybridized carbons (Fsp3) is 1.00. The number of rotatable bonds is 16. The third-order valence-electron chi connectivity index (χ3n) is 3.32. The van der Waals surface area contributed by atoms with E-state index in [2.05, 4.69) is 6.92 Å². The smallest absolute Gasteiger partial charge is 0.309 e. The average Bonchev–Trinajstić information content (AvgIpc) is 2.45. The van der Waals surface area contributed by atoms with Gasteiger partial charge in [-0.2, -0.15) is 0 Å². The Morgan fingerprint density at radius 1 is 0.619 bits per heavy atom. The topological polar surface area (TPSA) is 27.7 Å². The fourth-order valence-corrected chi connectivity index (χ4v) is 4.26. The van der Waals surface area contributed by atoms with Gasteiger partial charge in [-0.1, -0.05) is 64.7 Å². The summed E-state index contributed by atoms with van der Waals surface area (Å²) in [6.07, 6.45) is 13.2. The Labute approximate surface area is 137 Å². The van der Waals surface area contributed by atoms with E-state index in [1.165, 1.54) is 57.8 Å². The van der Waals surface area contributed by atoms with Gasteiger partial charge in [-0.3, -0.25) is 0 Å². The maximum atomic E-state index is 5.66. The van der Waals surface area contributed by atoms with Crippen molar-refractivity contribution in [2.75, 3.05) is 19.8 Å². The molecule has 3 nitrogen and oxygen atoms in total. The highest BCUT2D eigenvalue weighted by molar-refractivity contribution is 8.07. The van der Waals surface area contributed by atoms with Crippen molar-refractivity contribution < 1.29 is 13.6 Å². The molecule has 0 atom stereocenters. The van der Waals surface area contributed by atoms with Crippen molar-refractivity contribution in [3.05, 3.63) is 0 Å². The molecule has 0 N–H and O–H groups in total. The normalized spacial score (nSPS) is 12.0. The maximum Gasteiger partial charge on any atom is 0.327 e. The Kier molecular flexibility index (Phi) is 15.8. The molecule has 0 saturated carbocycles. The Morgan fingerprint density at radius 2 is 1.05 bits per heavy atom. The molecular formula is C16H35O3PS. The fourth-order valence-electron chi connectivity index (χ4n) is 2.19. The highest BCUT2D eigenvalue weighted by Gasteiger charge is 2.18. The van der Waals surface area contributed by atoms with Crippen LogP contribution in [0.3, 0.4) is 0 Å². The Morgan fingerprint density at radius 3 is 1.48 bits per heavy atom. The third kappa shape index (κ3) is 13.9. The third-order valence-corrected chi connectivity index (χ3v) is 5.92. The summed E-state index contributed by atoms with van der Waals surface area (Å²) in [5.74, 6) is 0. The van der Waals surface area contributed by atoms with E-state index in [4.69, 9.17) is 25.4 Å². The van der Waals surface area contributed by atoms with Crippen molar-refractivity contribution in [1.82, 2.24) is 0 Å². The lowest BCUT2D eigenvalue weighted by Crippen LogP contribution is -2.01. The molecule has 0 amide bonds. The first kappa shape index (κ1) is 21.5. The van der Waals surface area contributed by atoms with Crippen molar-refractivity contribution in [3.63, 3.8) is 0 Å². The molecule has 0 fully saturated rings. The van der Waals surface area contributed by atoms with E-state index in [9.17, 15) is 0 Å². The van der Waals surface area contributed by atoms with E-state index in [1.54, 1.807) is 0 Å². The molecule has 0 unspecified atom stereocenters. The van der Waals surface area contributed by atoms with Crippen LogP contribution in [-0.4, -0.2) is 19.8 Å². The molecule has 0 aromatic heterocycles. The predicted molar refractivity (Wildman–Crippen MR) is 95.3 cm³/mol. The van der Waals surface area contributed by atoms with Gasteiger partial charge in [0.05, 0.1) is 19.8 Å². The zero-order valence-electron chi connectivity index (χ0n) is 14.3. The standard InChI is InChI=1S/C16H35O3PS/c1-4-7-8-9-10-11-12-13-14-15-16-19-20(21,17-5-2)18-6-3/h4-16H2,1-3H3. The van der Waals surface area contributed by atoms with E-state index in [1.807, 2.05) is 13.8 Å². The lowest BCUT2D eigenvalue weighted by Gasteiger charge is -2.20. The molecule has 0 heterocycles. The van der Waals surface area contributed by atoms with Gasteiger partial charge >= 0.3 is 6.72 Å². The van der Waals surface area contributed by atoms with Crippen LogP contribution in [0.1, 0.15) is 85.0 Å². The second-order valence-electron chi connectivity index (χ2n) is 5.30. The largest absolute Gasteiger partial charge is 0.327 e. The highest BCUT2D eigenvalue weighted by Crippen LogP contribution is 2.49. The average molecular weight is 338 g/mol. The number of hydrogen-bond acceptors (Lipinski definition) is 4. The van der Waals surface area contributed by atoms with Crippen LogP contribution >= 0.6 is 6.72 Å². The summed E-state index contributed by atoms with van der Waals surface area (Å²) < 4.78 is 16.6. The molecule has 0 saturated heterocycles. The van der Waals surface area contributed by atoms with Gasteiger partial charge in [0.15, 0.2) is 0 Å². The van der Waals surface area contributed by atoms with Crippen LogP contribution in [0.2, 0.25) is 0 Å².